The molecule has 0 N–H and O–H groups in total. The Kier molecular flexibility index (Phi) is 3.16. The number of carbonyl (C=O) groups is 1. The number of para-hydroxylation sites is 1. The molecule has 0 aliphatic carbocycles. The number of rotatable bonds is 2. The largest absolute Gasteiger partial charge is 0.465 e. The van der Waals surface area contributed by atoms with Gasteiger partial charge in [-0.25, -0.2) is 9.20 Å². The second-order valence-corrected chi connectivity index (χ2v) is 5.94. The second-order valence-electron chi connectivity index (χ2n) is 5.94. The Bertz CT molecular complexity index is 1100. The number of carbonyl (C=O) groups excluding carboxylic acids is 1. The first-order valence-electron chi connectivity index (χ1n) is 7.75. The van der Waals surface area contributed by atoms with Gasteiger partial charge in [0.05, 0.1) is 27.4 Å². The van der Waals surface area contributed by atoms with Gasteiger partial charge in [-0.3, -0.25) is 4.90 Å². The first-order chi connectivity index (χ1) is 11.6. The third-order valence-electron chi connectivity index (χ3n) is 4.28. The molecule has 0 amide bonds. The van der Waals surface area contributed by atoms with Gasteiger partial charge in [-0.2, -0.15) is 4.40 Å². The molecule has 4 aromatic rings. The molecule has 0 spiro atoms. The molecule has 0 saturated carbocycles. The molecule has 3 aromatic heterocycles. The van der Waals surface area contributed by atoms with Crippen LogP contribution in [0.2, 0.25) is 0 Å². The monoisotopic (exact) mass is 320 g/mol. The Hall–Kier alpha value is -3.08. The Morgan fingerprint density at radius 2 is 1.88 bits per heavy atom. The minimum Gasteiger partial charge on any atom is -0.465 e. The molecular weight excluding hydrogens is 302 g/mol. The summed E-state index contributed by atoms with van der Waals surface area (Å²) in [6, 6.07) is 15.9. The molecule has 120 valence electrons. The number of ether oxygens (including phenoxy) is 1. The third kappa shape index (κ3) is 1.88. The zero-order valence-electron chi connectivity index (χ0n) is 13.9. The molecule has 0 radical (unpaired) electrons. The average molecular weight is 320 g/mol. The Morgan fingerprint density at radius 3 is 2.62 bits per heavy atom. The fraction of sp³-hybridized carbons (Fsp3) is 0.158. The normalized spacial score (nSPS) is 11.3. The summed E-state index contributed by atoms with van der Waals surface area (Å²) in [6.07, 6.45) is 2.01. The Morgan fingerprint density at radius 1 is 1.12 bits per heavy atom. The summed E-state index contributed by atoms with van der Waals surface area (Å²) in [5.74, 6) is 0.641. The lowest BCUT2D eigenvalue weighted by atomic mass is 10.1. The Labute approximate surface area is 139 Å². The molecule has 0 unspecified atom stereocenters. The van der Waals surface area contributed by atoms with E-state index in [0.29, 0.717) is 5.56 Å². The van der Waals surface area contributed by atoms with Gasteiger partial charge in [0.1, 0.15) is 16.6 Å². The molecule has 0 bridgehead atoms. The third-order valence-corrected chi connectivity index (χ3v) is 4.28. The number of anilines is 1. The van der Waals surface area contributed by atoms with Crippen molar-refractivity contribution in [3.8, 4) is 0 Å². The van der Waals surface area contributed by atoms with E-state index < -0.39 is 0 Å². The molecule has 24 heavy (non-hydrogen) atoms. The van der Waals surface area contributed by atoms with Crippen molar-refractivity contribution in [2.45, 2.75) is 0 Å². The van der Waals surface area contributed by atoms with Gasteiger partial charge in [-0.05, 0) is 24.3 Å². The molecule has 1 aromatic carbocycles. The number of aromatic nitrogens is 2. The van der Waals surface area contributed by atoms with Crippen molar-refractivity contribution in [2.75, 3.05) is 26.1 Å². The zero-order chi connectivity index (χ0) is 16.8. The lowest BCUT2D eigenvalue weighted by Gasteiger charge is -2.08. The highest BCUT2D eigenvalue weighted by atomic mass is 16.5. The summed E-state index contributed by atoms with van der Waals surface area (Å²) < 4.78 is 9.25. The SMILES string of the molecule is COC(=O)c1cc2ccccc2n2c(N(C)C)[n+]3ccccc3c12. The van der Waals surface area contributed by atoms with E-state index in [1.807, 2.05) is 67.7 Å². The zero-order valence-corrected chi connectivity index (χ0v) is 13.9. The molecule has 0 fully saturated rings. The predicted octanol–water partition coefficient (Wildman–Crippen LogP) is 2.68. The molecule has 4 rings (SSSR count). The molecule has 0 atom stereocenters. The van der Waals surface area contributed by atoms with Crippen LogP contribution in [0.3, 0.4) is 0 Å². The minimum absolute atomic E-state index is 0.333. The van der Waals surface area contributed by atoms with Crippen LogP contribution in [0.1, 0.15) is 10.4 Å². The maximum atomic E-state index is 12.4. The summed E-state index contributed by atoms with van der Waals surface area (Å²) >= 11 is 0. The van der Waals surface area contributed by atoms with Crippen LogP contribution in [-0.4, -0.2) is 31.6 Å². The van der Waals surface area contributed by atoms with Crippen molar-refractivity contribution in [3.05, 3.63) is 60.3 Å². The molecular formula is C19H18N3O2+. The van der Waals surface area contributed by atoms with E-state index in [2.05, 4.69) is 14.9 Å². The van der Waals surface area contributed by atoms with Crippen LogP contribution < -0.4 is 9.30 Å². The number of hydrogen-bond donors (Lipinski definition) is 0. The number of esters is 1. The van der Waals surface area contributed by atoms with Crippen LogP contribution in [0.4, 0.5) is 5.95 Å². The Balaban J connectivity index is 2.36. The topological polar surface area (TPSA) is 38.1 Å². The van der Waals surface area contributed by atoms with E-state index in [1.165, 1.54) is 7.11 Å². The van der Waals surface area contributed by atoms with E-state index in [1.54, 1.807) is 0 Å². The second kappa shape index (κ2) is 5.23. The number of nitrogens with zero attached hydrogens (tertiary/aromatic N) is 3. The lowest BCUT2D eigenvalue weighted by molar-refractivity contribution is -0.497. The van der Waals surface area contributed by atoms with Crippen molar-refractivity contribution in [3.63, 3.8) is 0 Å². The highest BCUT2D eigenvalue weighted by Gasteiger charge is 2.27. The standard InChI is InChI=1S/C19H18N3O2/c1-20(2)19-21-11-7-6-10-16(21)17-14(18(23)24-3)12-13-8-4-5-9-15(13)22(17)19/h4-12H,1-3H3/q+1. The summed E-state index contributed by atoms with van der Waals surface area (Å²) in [6.45, 7) is 0. The fourth-order valence-electron chi connectivity index (χ4n) is 3.34. The molecule has 5 nitrogen and oxygen atoms in total. The molecule has 5 heteroatoms. The van der Waals surface area contributed by atoms with Crippen molar-refractivity contribution in [2.24, 2.45) is 0 Å². The van der Waals surface area contributed by atoms with Gasteiger partial charge in [0, 0.05) is 5.39 Å². The highest BCUT2D eigenvalue weighted by Crippen LogP contribution is 2.28. The van der Waals surface area contributed by atoms with Gasteiger partial charge in [0.15, 0.2) is 5.52 Å². The first-order valence-corrected chi connectivity index (χ1v) is 7.75. The molecule has 0 aliphatic heterocycles. The average Bonchev–Trinajstić information content (AvgIpc) is 2.96. The highest BCUT2D eigenvalue weighted by molar-refractivity contribution is 6.06. The number of benzene rings is 1. The summed E-state index contributed by atoms with van der Waals surface area (Å²) in [5, 5.41) is 0.995. The number of methoxy groups -OCH3 is 1. The lowest BCUT2D eigenvalue weighted by Crippen LogP contribution is -2.29. The van der Waals surface area contributed by atoms with Gasteiger partial charge < -0.3 is 4.74 Å². The van der Waals surface area contributed by atoms with Crippen LogP contribution in [0.25, 0.3) is 21.9 Å². The van der Waals surface area contributed by atoms with E-state index in [-0.39, 0.29) is 5.97 Å². The van der Waals surface area contributed by atoms with Gasteiger partial charge in [0.25, 0.3) is 0 Å². The van der Waals surface area contributed by atoms with Crippen LogP contribution in [0.5, 0.6) is 0 Å². The van der Waals surface area contributed by atoms with E-state index in [4.69, 9.17) is 4.74 Å². The fourth-order valence-corrected chi connectivity index (χ4v) is 3.34. The summed E-state index contributed by atoms with van der Waals surface area (Å²) in [4.78, 5) is 14.5. The summed E-state index contributed by atoms with van der Waals surface area (Å²) in [7, 11) is 5.42. The van der Waals surface area contributed by atoms with Crippen LogP contribution in [0, 0.1) is 0 Å². The predicted molar refractivity (Wildman–Crippen MR) is 93.7 cm³/mol. The van der Waals surface area contributed by atoms with Gasteiger partial charge in [0.2, 0.25) is 0 Å². The van der Waals surface area contributed by atoms with Crippen LogP contribution >= 0.6 is 0 Å². The van der Waals surface area contributed by atoms with Gasteiger partial charge >= 0.3 is 11.9 Å². The van der Waals surface area contributed by atoms with Crippen molar-refractivity contribution < 1.29 is 13.9 Å². The van der Waals surface area contributed by atoms with Crippen molar-refractivity contribution >= 4 is 33.9 Å². The maximum Gasteiger partial charge on any atom is 0.369 e. The maximum absolute atomic E-state index is 12.4. The number of pyridine rings is 2. The van der Waals surface area contributed by atoms with E-state index >= 15 is 0 Å². The van der Waals surface area contributed by atoms with Crippen LogP contribution in [0.15, 0.2) is 54.7 Å². The summed E-state index contributed by atoms with van der Waals surface area (Å²) in [5.41, 5.74) is 3.43. The van der Waals surface area contributed by atoms with Gasteiger partial charge in [-0.15, -0.1) is 0 Å². The molecule has 0 saturated heterocycles. The molecule has 0 aliphatic rings. The van der Waals surface area contributed by atoms with E-state index in [9.17, 15) is 4.79 Å². The molecule has 3 heterocycles. The van der Waals surface area contributed by atoms with E-state index in [0.717, 1.165) is 27.9 Å². The smallest absolute Gasteiger partial charge is 0.369 e. The quantitative estimate of drug-likeness (QED) is 0.421. The van der Waals surface area contributed by atoms with Gasteiger partial charge in [-0.1, -0.05) is 24.3 Å². The number of fused-ring (bicyclic) bond motifs is 5. The number of hydrogen-bond acceptors (Lipinski definition) is 3. The first kappa shape index (κ1) is 14.5. The minimum atomic E-state index is -0.333. The van der Waals surface area contributed by atoms with Crippen molar-refractivity contribution in [1.29, 1.82) is 0 Å². The van der Waals surface area contributed by atoms with Crippen molar-refractivity contribution in [1.82, 2.24) is 4.40 Å². The van der Waals surface area contributed by atoms with Crippen LogP contribution in [-0.2, 0) is 4.74 Å². The number of imidazole rings is 1.